The highest BCUT2D eigenvalue weighted by atomic mass is 16.5. The molecule has 1 aromatic heterocycles. The normalized spacial score (nSPS) is 12.8. The molecular formula is C33H37NO4. The number of aliphatic carboxylic acids is 1. The maximum atomic E-state index is 13.2. The molecule has 0 radical (unpaired) electrons. The van der Waals surface area contributed by atoms with Crippen molar-refractivity contribution in [3.63, 3.8) is 0 Å². The summed E-state index contributed by atoms with van der Waals surface area (Å²) in [7, 11) is 0. The molecule has 5 nitrogen and oxygen atoms in total. The molecular weight excluding hydrogens is 474 g/mol. The van der Waals surface area contributed by atoms with Crippen LogP contribution in [0.25, 0.3) is 10.9 Å². The van der Waals surface area contributed by atoms with Gasteiger partial charge in [0, 0.05) is 42.0 Å². The molecule has 0 saturated heterocycles. The van der Waals surface area contributed by atoms with Crippen molar-refractivity contribution in [2.75, 3.05) is 0 Å². The van der Waals surface area contributed by atoms with Gasteiger partial charge in [-0.15, -0.1) is 0 Å². The van der Waals surface area contributed by atoms with Crippen molar-refractivity contribution >= 4 is 22.7 Å². The van der Waals surface area contributed by atoms with Crippen LogP contribution in [0.5, 0.6) is 5.75 Å². The van der Waals surface area contributed by atoms with Crippen LogP contribution in [-0.2, 0) is 24.2 Å². The molecule has 4 rings (SSSR count). The number of ether oxygens (including phenoxy) is 1. The third-order valence-corrected chi connectivity index (χ3v) is 7.21. The highest BCUT2D eigenvalue weighted by molar-refractivity contribution is 6.08. The Morgan fingerprint density at radius 2 is 1.61 bits per heavy atom. The largest absolute Gasteiger partial charge is 0.486 e. The highest BCUT2D eigenvalue weighted by Crippen LogP contribution is 2.26. The number of rotatable bonds is 13. The third-order valence-electron chi connectivity index (χ3n) is 7.21. The lowest BCUT2D eigenvalue weighted by atomic mass is 9.97. The topological polar surface area (TPSA) is 68.5 Å². The highest BCUT2D eigenvalue weighted by Gasteiger charge is 2.16. The Morgan fingerprint density at radius 3 is 2.29 bits per heavy atom. The second-order valence-electron chi connectivity index (χ2n) is 10.2. The Hall–Kier alpha value is -3.86. The predicted octanol–water partition coefficient (Wildman–Crippen LogP) is 7.66. The molecule has 0 spiro atoms. The van der Waals surface area contributed by atoms with Gasteiger partial charge in [0.2, 0.25) is 0 Å². The van der Waals surface area contributed by atoms with E-state index in [2.05, 4.69) is 38.1 Å². The minimum atomic E-state index is -0.811. The van der Waals surface area contributed by atoms with Gasteiger partial charge in [-0.05, 0) is 60.6 Å². The van der Waals surface area contributed by atoms with Crippen LogP contribution < -0.4 is 4.74 Å². The number of fused-ring (bicyclic) bond motifs is 1. The summed E-state index contributed by atoms with van der Waals surface area (Å²) in [5.74, 6) is 0.682. The van der Waals surface area contributed by atoms with Crippen LogP contribution in [0.4, 0.5) is 0 Å². The van der Waals surface area contributed by atoms with Gasteiger partial charge in [-0.3, -0.25) is 9.59 Å². The monoisotopic (exact) mass is 511 g/mol. The Morgan fingerprint density at radius 1 is 0.921 bits per heavy atom. The summed E-state index contributed by atoms with van der Waals surface area (Å²) in [6.45, 7) is 7.11. The lowest BCUT2D eigenvalue weighted by Crippen LogP contribution is -2.05. The fraction of sp³-hybridized carbons (Fsp3) is 0.333. The summed E-state index contributed by atoms with van der Waals surface area (Å²) < 4.78 is 8.16. The van der Waals surface area contributed by atoms with E-state index in [1.54, 1.807) is 0 Å². The second-order valence-corrected chi connectivity index (χ2v) is 10.2. The van der Waals surface area contributed by atoms with Crippen LogP contribution in [0.1, 0.15) is 73.2 Å². The SMILES string of the molecule is CC[C@H](C)Cc1ccc([C@@H](C)Oc2ccc(CC(=O)c3cn(CCCC(=O)O)c4ccccc34)cc2)cc1. The average Bonchev–Trinajstić information content (AvgIpc) is 3.28. The first-order chi connectivity index (χ1) is 18.3. The first-order valence-electron chi connectivity index (χ1n) is 13.5. The number of carbonyl (C=O) groups excluding carboxylic acids is 1. The van der Waals surface area contributed by atoms with Crippen LogP contribution in [0.15, 0.2) is 79.0 Å². The molecule has 0 fully saturated rings. The van der Waals surface area contributed by atoms with Gasteiger partial charge in [0.15, 0.2) is 5.78 Å². The van der Waals surface area contributed by atoms with E-state index >= 15 is 0 Å². The van der Waals surface area contributed by atoms with E-state index in [0.717, 1.165) is 34.2 Å². The molecule has 0 amide bonds. The van der Waals surface area contributed by atoms with E-state index in [9.17, 15) is 9.59 Å². The second kappa shape index (κ2) is 12.6. The first kappa shape index (κ1) is 27.2. The zero-order valence-corrected chi connectivity index (χ0v) is 22.5. The standard InChI is InChI=1S/C33H37NO4/c1-4-23(2)20-25-11-15-27(16-12-25)24(3)38-28-17-13-26(14-18-28)21-32(35)30-22-34(19-7-10-33(36)37)31-9-6-5-8-29(30)31/h5-6,8-9,11-18,22-24H,4,7,10,19-21H2,1-3H3,(H,36,37)/t23-,24+/m0/s1. The van der Waals surface area contributed by atoms with Crippen LogP contribution in [0, 0.1) is 5.92 Å². The lowest BCUT2D eigenvalue weighted by Gasteiger charge is -2.16. The Kier molecular flexibility index (Phi) is 9.01. The Balaban J connectivity index is 1.39. The fourth-order valence-electron chi connectivity index (χ4n) is 4.76. The van der Waals surface area contributed by atoms with Gasteiger partial charge in [0.05, 0.1) is 0 Å². The molecule has 0 aliphatic carbocycles. The number of hydrogen-bond acceptors (Lipinski definition) is 3. The smallest absolute Gasteiger partial charge is 0.303 e. The maximum Gasteiger partial charge on any atom is 0.303 e. The first-order valence-corrected chi connectivity index (χ1v) is 13.5. The molecule has 1 heterocycles. The molecule has 4 aromatic rings. The number of aromatic nitrogens is 1. The van der Waals surface area contributed by atoms with Crippen molar-refractivity contribution in [2.45, 2.75) is 65.5 Å². The molecule has 1 N–H and O–H groups in total. The number of carbonyl (C=O) groups is 2. The van der Waals surface area contributed by atoms with Crippen molar-refractivity contribution < 1.29 is 19.4 Å². The van der Waals surface area contributed by atoms with Crippen molar-refractivity contribution in [2.24, 2.45) is 5.92 Å². The minimum Gasteiger partial charge on any atom is -0.486 e. The van der Waals surface area contributed by atoms with E-state index in [1.165, 1.54) is 12.0 Å². The summed E-state index contributed by atoms with van der Waals surface area (Å²) in [4.78, 5) is 24.2. The summed E-state index contributed by atoms with van der Waals surface area (Å²) in [5.41, 5.74) is 5.03. The number of hydrogen-bond donors (Lipinski definition) is 1. The van der Waals surface area contributed by atoms with Crippen LogP contribution in [0.2, 0.25) is 0 Å². The van der Waals surface area contributed by atoms with Gasteiger partial charge >= 0.3 is 5.97 Å². The number of ketones is 1. The number of benzene rings is 3. The van der Waals surface area contributed by atoms with E-state index in [4.69, 9.17) is 9.84 Å². The predicted molar refractivity (Wildman–Crippen MR) is 152 cm³/mol. The minimum absolute atomic E-state index is 0.0395. The molecule has 5 heteroatoms. The number of Topliss-reactive ketones (excluding diaryl/α,β-unsaturated/α-hetero) is 1. The van der Waals surface area contributed by atoms with E-state index in [0.29, 0.717) is 24.4 Å². The summed E-state index contributed by atoms with van der Waals surface area (Å²) in [5, 5.41) is 9.86. The molecule has 0 saturated carbocycles. The van der Waals surface area contributed by atoms with E-state index in [-0.39, 0.29) is 24.7 Å². The third kappa shape index (κ3) is 6.91. The molecule has 38 heavy (non-hydrogen) atoms. The molecule has 3 aromatic carbocycles. The molecule has 2 atom stereocenters. The van der Waals surface area contributed by atoms with Crippen molar-refractivity contribution in [3.8, 4) is 5.75 Å². The molecule has 0 aliphatic rings. The number of carboxylic acid groups (broad SMARTS) is 1. The lowest BCUT2D eigenvalue weighted by molar-refractivity contribution is -0.137. The van der Waals surface area contributed by atoms with E-state index in [1.807, 2.05) is 66.2 Å². The van der Waals surface area contributed by atoms with Crippen molar-refractivity contribution in [3.05, 3.63) is 101 Å². The van der Waals surface area contributed by atoms with Gasteiger partial charge in [0.25, 0.3) is 0 Å². The Labute approximate surface area is 225 Å². The zero-order valence-electron chi connectivity index (χ0n) is 22.5. The van der Waals surface area contributed by atoms with E-state index < -0.39 is 5.97 Å². The Bertz CT molecular complexity index is 1370. The number of carboxylic acids is 1. The van der Waals surface area contributed by atoms with Gasteiger partial charge in [-0.2, -0.15) is 0 Å². The molecule has 0 unspecified atom stereocenters. The number of para-hydroxylation sites is 1. The van der Waals surface area contributed by atoms with Gasteiger partial charge < -0.3 is 14.4 Å². The van der Waals surface area contributed by atoms with Crippen LogP contribution in [-0.4, -0.2) is 21.4 Å². The summed E-state index contributed by atoms with van der Waals surface area (Å²) >= 11 is 0. The maximum absolute atomic E-state index is 13.2. The summed E-state index contributed by atoms with van der Waals surface area (Å²) in [6, 6.07) is 24.2. The van der Waals surface area contributed by atoms with Gasteiger partial charge in [-0.1, -0.05) is 74.9 Å². The molecule has 0 bridgehead atoms. The molecule has 0 aliphatic heterocycles. The van der Waals surface area contributed by atoms with Crippen LogP contribution >= 0.6 is 0 Å². The summed E-state index contributed by atoms with van der Waals surface area (Å²) in [6.07, 6.45) is 4.97. The average molecular weight is 512 g/mol. The van der Waals surface area contributed by atoms with Gasteiger partial charge in [0.1, 0.15) is 11.9 Å². The number of nitrogens with zero attached hydrogens (tertiary/aromatic N) is 1. The van der Waals surface area contributed by atoms with Crippen LogP contribution in [0.3, 0.4) is 0 Å². The van der Waals surface area contributed by atoms with Crippen molar-refractivity contribution in [1.29, 1.82) is 0 Å². The zero-order chi connectivity index (χ0) is 27.1. The van der Waals surface area contributed by atoms with Crippen molar-refractivity contribution in [1.82, 2.24) is 4.57 Å². The fourth-order valence-corrected chi connectivity index (χ4v) is 4.76. The molecule has 198 valence electrons. The van der Waals surface area contributed by atoms with Gasteiger partial charge in [-0.25, -0.2) is 0 Å². The number of aryl methyl sites for hydroxylation is 1. The quantitative estimate of drug-likeness (QED) is 0.187.